The normalized spacial score (nSPS) is 23.2. The van der Waals surface area contributed by atoms with E-state index in [4.69, 9.17) is 0 Å². The third kappa shape index (κ3) is 3.37. The van der Waals surface area contributed by atoms with Gasteiger partial charge in [0, 0.05) is 30.3 Å². The summed E-state index contributed by atoms with van der Waals surface area (Å²) < 4.78 is 107. The molecule has 1 heterocycles. The molecule has 0 bridgehead atoms. The van der Waals surface area contributed by atoms with Crippen molar-refractivity contribution in [1.82, 2.24) is 0 Å². The number of hydrogen-bond donors (Lipinski definition) is 1. The summed E-state index contributed by atoms with van der Waals surface area (Å²) in [5.74, 6) is -1.84. The molecule has 4 nitrogen and oxygen atoms in total. The summed E-state index contributed by atoms with van der Waals surface area (Å²) >= 11 is 0. The van der Waals surface area contributed by atoms with E-state index in [-0.39, 0.29) is 29.4 Å². The summed E-state index contributed by atoms with van der Waals surface area (Å²) in [7, 11) is -5.86. The molecule has 0 aromatic heterocycles. The average molecular weight is 479 g/mol. The van der Waals surface area contributed by atoms with Crippen LogP contribution < -0.4 is 4.90 Å². The van der Waals surface area contributed by atoms with Crippen molar-refractivity contribution in [1.29, 1.82) is 0 Å². The minimum atomic E-state index is -5.86. The Balaban J connectivity index is 1.95. The van der Waals surface area contributed by atoms with Crippen LogP contribution in [0.5, 0.6) is 0 Å². The highest BCUT2D eigenvalue weighted by atomic mass is 32.2. The number of benzene rings is 2. The molecule has 0 saturated heterocycles. The van der Waals surface area contributed by atoms with Crippen molar-refractivity contribution in [3.8, 4) is 0 Å². The maximum absolute atomic E-state index is 14.9. The van der Waals surface area contributed by atoms with Gasteiger partial charge in [0.2, 0.25) is 0 Å². The molecule has 0 unspecified atom stereocenters. The standard InChI is InChI=1S/C21H19F6NO3S/c1-2-10-5-6-28(19-12(10)7-11(22)8-14(19)23)16-3-4-17(32(30,31)21(25,26)27)18-13(16)9-15(24)20(18)29/h3-4,7-8,10,15,20,29H,2,5-6,9H2,1H3/t10-,15+,20+/m0/s1. The highest BCUT2D eigenvalue weighted by Crippen LogP contribution is 2.49. The number of nitrogens with zero attached hydrogens (tertiary/aromatic N) is 1. The van der Waals surface area contributed by atoms with Crippen LogP contribution in [0.2, 0.25) is 0 Å². The molecule has 174 valence electrons. The molecule has 4 rings (SSSR count). The average Bonchev–Trinajstić information content (AvgIpc) is 3.00. The van der Waals surface area contributed by atoms with Crippen LogP contribution in [0, 0.1) is 11.6 Å². The lowest BCUT2D eigenvalue weighted by Gasteiger charge is -2.37. The van der Waals surface area contributed by atoms with Gasteiger partial charge in [0.05, 0.1) is 10.6 Å². The predicted molar refractivity (Wildman–Crippen MR) is 104 cm³/mol. The van der Waals surface area contributed by atoms with Crippen LogP contribution in [0.3, 0.4) is 0 Å². The molecule has 0 spiro atoms. The number of sulfone groups is 1. The van der Waals surface area contributed by atoms with Crippen molar-refractivity contribution in [2.45, 2.75) is 54.8 Å². The molecule has 2 aliphatic rings. The number of hydrogen-bond acceptors (Lipinski definition) is 4. The molecule has 0 saturated carbocycles. The third-order valence-corrected chi connectivity index (χ3v) is 7.72. The van der Waals surface area contributed by atoms with Gasteiger partial charge in [0.1, 0.15) is 23.9 Å². The van der Waals surface area contributed by atoms with Crippen LogP contribution >= 0.6 is 0 Å². The van der Waals surface area contributed by atoms with Crippen molar-refractivity contribution >= 4 is 21.2 Å². The van der Waals surface area contributed by atoms with E-state index >= 15 is 0 Å². The largest absolute Gasteiger partial charge is 0.501 e. The van der Waals surface area contributed by atoms with E-state index in [1.54, 1.807) is 0 Å². The Labute approximate surface area is 180 Å². The first-order valence-electron chi connectivity index (χ1n) is 9.94. The van der Waals surface area contributed by atoms with Gasteiger partial charge in [-0.15, -0.1) is 0 Å². The molecule has 1 aliphatic heterocycles. The highest BCUT2D eigenvalue weighted by molar-refractivity contribution is 7.92. The summed E-state index contributed by atoms with van der Waals surface area (Å²) in [6.45, 7) is 2.05. The van der Waals surface area contributed by atoms with E-state index in [0.29, 0.717) is 30.5 Å². The first-order chi connectivity index (χ1) is 14.9. The van der Waals surface area contributed by atoms with Crippen LogP contribution in [-0.2, 0) is 16.3 Å². The number of fused-ring (bicyclic) bond motifs is 2. The van der Waals surface area contributed by atoms with E-state index in [0.717, 1.165) is 6.07 Å². The summed E-state index contributed by atoms with van der Waals surface area (Å²) in [6.07, 6.45) is -3.60. The molecule has 0 radical (unpaired) electrons. The molecule has 32 heavy (non-hydrogen) atoms. The molecular weight excluding hydrogens is 460 g/mol. The van der Waals surface area contributed by atoms with Gasteiger partial charge >= 0.3 is 5.51 Å². The Morgan fingerprint density at radius 3 is 2.50 bits per heavy atom. The van der Waals surface area contributed by atoms with Gasteiger partial charge in [-0.2, -0.15) is 13.2 Å². The lowest BCUT2D eigenvalue weighted by molar-refractivity contribution is -0.0437. The quantitative estimate of drug-likeness (QED) is 0.614. The van der Waals surface area contributed by atoms with Crippen molar-refractivity contribution in [2.24, 2.45) is 0 Å². The molecule has 1 aliphatic carbocycles. The lowest BCUT2D eigenvalue weighted by Crippen LogP contribution is -2.30. The second-order valence-corrected chi connectivity index (χ2v) is 9.87. The summed E-state index contributed by atoms with van der Waals surface area (Å²) in [6, 6.07) is 3.58. The molecule has 3 atom stereocenters. The van der Waals surface area contributed by atoms with Crippen LogP contribution in [0.4, 0.5) is 37.7 Å². The van der Waals surface area contributed by atoms with Crippen LogP contribution in [0.1, 0.15) is 48.5 Å². The van der Waals surface area contributed by atoms with Gasteiger partial charge in [-0.25, -0.2) is 21.6 Å². The van der Waals surface area contributed by atoms with Gasteiger partial charge in [-0.05, 0) is 48.1 Å². The van der Waals surface area contributed by atoms with E-state index < -0.39 is 56.1 Å². The van der Waals surface area contributed by atoms with Crippen molar-refractivity contribution in [2.75, 3.05) is 11.4 Å². The zero-order valence-electron chi connectivity index (χ0n) is 16.8. The first-order valence-corrected chi connectivity index (χ1v) is 11.4. The minimum Gasteiger partial charge on any atom is -0.385 e. The Morgan fingerprint density at radius 2 is 1.88 bits per heavy atom. The molecule has 0 amide bonds. The molecule has 0 fully saturated rings. The Hall–Kier alpha value is -2.27. The van der Waals surface area contributed by atoms with E-state index in [2.05, 4.69) is 0 Å². The fraction of sp³-hybridized carbons (Fsp3) is 0.429. The van der Waals surface area contributed by atoms with E-state index in [9.17, 15) is 39.9 Å². The van der Waals surface area contributed by atoms with Crippen LogP contribution in [0.15, 0.2) is 29.2 Å². The number of rotatable bonds is 3. The fourth-order valence-corrected chi connectivity index (χ4v) is 5.70. The van der Waals surface area contributed by atoms with Crippen LogP contribution in [0.25, 0.3) is 0 Å². The molecule has 2 aromatic carbocycles. The van der Waals surface area contributed by atoms with Crippen molar-refractivity contribution in [3.05, 3.63) is 52.6 Å². The van der Waals surface area contributed by atoms with E-state index in [1.165, 1.54) is 11.0 Å². The second kappa shape index (κ2) is 7.65. The summed E-state index contributed by atoms with van der Waals surface area (Å²) in [4.78, 5) is 0.170. The topological polar surface area (TPSA) is 57.6 Å². The molecule has 1 N–H and O–H groups in total. The maximum Gasteiger partial charge on any atom is 0.501 e. The monoisotopic (exact) mass is 479 g/mol. The smallest absolute Gasteiger partial charge is 0.385 e. The zero-order chi connectivity index (χ0) is 23.6. The number of halogens is 6. The minimum absolute atomic E-state index is 0.00919. The van der Waals surface area contributed by atoms with Gasteiger partial charge in [-0.1, -0.05) is 6.92 Å². The third-order valence-electron chi connectivity index (χ3n) is 6.18. The van der Waals surface area contributed by atoms with Crippen molar-refractivity contribution in [3.63, 3.8) is 0 Å². The van der Waals surface area contributed by atoms with Gasteiger partial charge in [0.25, 0.3) is 9.84 Å². The maximum atomic E-state index is 14.9. The zero-order valence-corrected chi connectivity index (χ0v) is 17.6. The SMILES string of the molecule is CC[C@H]1CCN(c2ccc(S(=O)(=O)C(F)(F)F)c3c2C[C@@H](F)[C@H]3O)c2c(F)cc(F)cc21. The van der Waals surface area contributed by atoms with Gasteiger partial charge < -0.3 is 10.0 Å². The number of anilines is 2. The van der Waals surface area contributed by atoms with Crippen molar-refractivity contribution < 1.29 is 39.9 Å². The van der Waals surface area contributed by atoms with Gasteiger partial charge in [0.15, 0.2) is 0 Å². The highest BCUT2D eigenvalue weighted by Gasteiger charge is 2.51. The number of alkyl halides is 4. The Kier molecular flexibility index (Phi) is 5.48. The number of aliphatic hydroxyl groups is 1. The summed E-state index contributed by atoms with van der Waals surface area (Å²) in [5, 5.41) is 10.2. The number of aliphatic hydroxyl groups excluding tert-OH is 1. The summed E-state index contributed by atoms with van der Waals surface area (Å²) in [5.41, 5.74) is -6.00. The van der Waals surface area contributed by atoms with Crippen LogP contribution in [-0.4, -0.2) is 31.7 Å². The Bertz CT molecular complexity index is 1180. The first kappa shape index (κ1) is 22.9. The van der Waals surface area contributed by atoms with Gasteiger partial charge in [-0.3, -0.25) is 0 Å². The predicted octanol–water partition coefficient (Wildman–Crippen LogP) is 5.22. The molecular formula is C21H19F6NO3S. The lowest BCUT2D eigenvalue weighted by atomic mass is 9.87. The van der Waals surface area contributed by atoms with E-state index in [1.807, 2.05) is 6.92 Å². The molecule has 2 aromatic rings. The molecule has 11 heteroatoms. The Morgan fingerprint density at radius 1 is 1.19 bits per heavy atom. The fourth-order valence-electron chi connectivity index (χ4n) is 4.67. The second-order valence-electron chi connectivity index (χ2n) is 7.96.